The molecule has 1 aliphatic rings. The summed E-state index contributed by atoms with van der Waals surface area (Å²) in [7, 11) is 0. The third-order valence-corrected chi connectivity index (χ3v) is 14.1. The zero-order valence-electron chi connectivity index (χ0n) is 40.7. The molecule has 0 saturated carbocycles. The molecule has 0 fully saturated rings. The molecule has 5 heteroatoms. The van der Waals surface area contributed by atoms with Crippen molar-refractivity contribution in [2.45, 2.75) is 118 Å². The fraction of sp³-hybridized carbons (Fsp3) is 0.317. The Kier molecular flexibility index (Phi) is 11.0. The lowest BCUT2D eigenvalue weighted by Gasteiger charge is -2.29. The number of pyridine rings is 1. The van der Waals surface area contributed by atoms with Crippen molar-refractivity contribution in [1.82, 2.24) is 9.55 Å². The van der Waals surface area contributed by atoms with Crippen LogP contribution in [0.2, 0.25) is 0 Å². The summed E-state index contributed by atoms with van der Waals surface area (Å²) in [6.07, 6.45) is 4.09. The Labute approximate surface area is 387 Å². The Hall–Kier alpha value is -6.33. The number of aromatic nitrogens is 2. The van der Waals surface area contributed by atoms with E-state index < -0.39 is 0 Å². The van der Waals surface area contributed by atoms with Gasteiger partial charge in [0.2, 0.25) is 0 Å². The maximum Gasteiger partial charge on any atom is 0.137 e. The molecule has 0 atom stereocenters. The number of ether oxygens (including phenoxy) is 1. The maximum atomic E-state index is 6.89. The van der Waals surface area contributed by atoms with Crippen molar-refractivity contribution in [2.24, 2.45) is 0 Å². The molecular weight excluding hydrogens is 793 g/mol. The van der Waals surface area contributed by atoms with Crippen molar-refractivity contribution < 1.29 is 4.74 Å². The first-order valence-corrected chi connectivity index (χ1v) is 23.6. The van der Waals surface area contributed by atoms with Crippen LogP contribution in [0, 0.1) is 0 Å². The molecule has 8 aromatic rings. The molecule has 65 heavy (non-hydrogen) atoms. The topological polar surface area (TPSA) is 33.5 Å². The van der Waals surface area contributed by atoms with Gasteiger partial charge in [-0.3, -0.25) is 4.57 Å². The molecule has 0 bridgehead atoms. The van der Waals surface area contributed by atoms with Gasteiger partial charge in [-0.25, -0.2) is 4.98 Å². The maximum absolute atomic E-state index is 6.89. The highest BCUT2D eigenvalue weighted by atomic mass is 16.5. The standard InChI is InChI=1S/C60H66N4O/c1-13-60(12,14-2)44-24-28-53-55(35-44)62(39-63(53)47-32-41(40-19-16-15-17-20-40)31-45(33-47)59(9,10)11)46-21-18-22-48(37-46)65-49-25-26-50-51-34-42(57(3,4)5)23-27-52(51)64(54(50)38-49)56-36-43(29-30-61-56)58(6,7)8/h15-38H,13-14,39H2,1-12H3. The van der Waals surface area contributed by atoms with Gasteiger partial charge in [-0.05, 0) is 141 Å². The monoisotopic (exact) mass is 859 g/mol. The lowest BCUT2D eigenvalue weighted by atomic mass is 9.77. The highest BCUT2D eigenvalue weighted by molar-refractivity contribution is 6.10. The van der Waals surface area contributed by atoms with Gasteiger partial charge >= 0.3 is 0 Å². The number of hydrogen-bond acceptors (Lipinski definition) is 4. The quantitative estimate of drug-likeness (QED) is 0.145. The zero-order valence-corrected chi connectivity index (χ0v) is 40.7. The predicted molar refractivity (Wildman–Crippen MR) is 277 cm³/mol. The third kappa shape index (κ3) is 8.31. The van der Waals surface area contributed by atoms with Gasteiger partial charge in [0.05, 0.1) is 22.4 Å². The summed E-state index contributed by atoms with van der Waals surface area (Å²) in [6, 6.07) is 51.5. The van der Waals surface area contributed by atoms with Crippen molar-refractivity contribution in [2.75, 3.05) is 16.5 Å². The molecule has 0 unspecified atom stereocenters. The summed E-state index contributed by atoms with van der Waals surface area (Å²) in [5, 5.41) is 2.39. The van der Waals surface area contributed by atoms with Crippen LogP contribution in [0.1, 0.15) is 118 Å². The highest BCUT2D eigenvalue weighted by Crippen LogP contribution is 2.49. The fourth-order valence-corrected chi connectivity index (χ4v) is 9.37. The minimum Gasteiger partial charge on any atom is -0.457 e. The van der Waals surface area contributed by atoms with E-state index in [1.54, 1.807) is 0 Å². The van der Waals surface area contributed by atoms with Gasteiger partial charge in [-0.15, -0.1) is 0 Å². The van der Waals surface area contributed by atoms with E-state index >= 15 is 0 Å². The number of anilines is 4. The molecular formula is C60H66N4O. The van der Waals surface area contributed by atoms with E-state index in [0.29, 0.717) is 6.67 Å². The first kappa shape index (κ1) is 43.9. The molecule has 2 aromatic heterocycles. The molecule has 0 N–H and O–H groups in total. The Balaban J connectivity index is 1.13. The van der Waals surface area contributed by atoms with Crippen LogP contribution in [0.25, 0.3) is 38.8 Å². The van der Waals surface area contributed by atoms with E-state index in [1.807, 2.05) is 6.20 Å². The number of benzene rings is 6. The second-order valence-electron chi connectivity index (χ2n) is 21.6. The van der Waals surface area contributed by atoms with Crippen molar-refractivity contribution in [3.8, 4) is 28.4 Å². The summed E-state index contributed by atoms with van der Waals surface area (Å²) >= 11 is 0. The van der Waals surface area contributed by atoms with Gasteiger partial charge in [0.25, 0.3) is 0 Å². The Morgan fingerprint density at radius 1 is 0.477 bits per heavy atom. The van der Waals surface area contributed by atoms with Crippen LogP contribution in [0.3, 0.4) is 0 Å². The van der Waals surface area contributed by atoms with Gasteiger partial charge in [-0.1, -0.05) is 138 Å². The first-order valence-electron chi connectivity index (χ1n) is 23.6. The molecule has 332 valence electrons. The van der Waals surface area contributed by atoms with E-state index in [1.165, 1.54) is 61.2 Å². The second-order valence-corrected chi connectivity index (χ2v) is 21.6. The van der Waals surface area contributed by atoms with E-state index in [0.717, 1.165) is 46.9 Å². The third-order valence-electron chi connectivity index (χ3n) is 14.1. The molecule has 0 aliphatic carbocycles. The summed E-state index contributed by atoms with van der Waals surface area (Å²) in [6.45, 7) is 28.2. The average Bonchev–Trinajstić information content (AvgIpc) is 3.83. The number of fused-ring (bicyclic) bond motifs is 4. The zero-order chi connectivity index (χ0) is 46.1. The lowest BCUT2D eigenvalue weighted by Crippen LogP contribution is -2.24. The molecule has 1 aliphatic heterocycles. The Morgan fingerprint density at radius 2 is 1.15 bits per heavy atom. The van der Waals surface area contributed by atoms with Crippen LogP contribution in [0.4, 0.5) is 22.7 Å². The van der Waals surface area contributed by atoms with E-state index in [4.69, 9.17) is 9.72 Å². The van der Waals surface area contributed by atoms with Crippen LogP contribution < -0.4 is 14.5 Å². The molecule has 0 radical (unpaired) electrons. The van der Waals surface area contributed by atoms with Crippen LogP contribution in [-0.2, 0) is 21.7 Å². The van der Waals surface area contributed by atoms with Gasteiger partial charge < -0.3 is 14.5 Å². The Morgan fingerprint density at radius 3 is 1.86 bits per heavy atom. The van der Waals surface area contributed by atoms with E-state index in [2.05, 4.69) is 237 Å². The van der Waals surface area contributed by atoms with Crippen LogP contribution >= 0.6 is 0 Å². The van der Waals surface area contributed by atoms with Crippen molar-refractivity contribution in [3.63, 3.8) is 0 Å². The molecule has 0 amide bonds. The van der Waals surface area contributed by atoms with Crippen LogP contribution in [0.15, 0.2) is 146 Å². The molecule has 6 aromatic carbocycles. The van der Waals surface area contributed by atoms with Gasteiger partial charge in [0.1, 0.15) is 24.0 Å². The predicted octanol–water partition coefficient (Wildman–Crippen LogP) is 16.9. The second kappa shape index (κ2) is 16.3. The normalized spacial score (nSPS) is 13.5. The van der Waals surface area contributed by atoms with Crippen molar-refractivity contribution >= 4 is 44.6 Å². The van der Waals surface area contributed by atoms with Gasteiger partial charge in [0, 0.05) is 40.5 Å². The lowest BCUT2D eigenvalue weighted by molar-refractivity contribution is 0.439. The molecule has 0 saturated heterocycles. The summed E-state index contributed by atoms with van der Waals surface area (Å²) in [5.74, 6) is 2.47. The fourth-order valence-electron chi connectivity index (χ4n) is 9.37. The van der Waals surface area contributed by atoms with Crippen LogP contribution in [0.5, 0.6) is 11.5 Å². The van der Waals surface area contributed by atoms with Crippen molar-refractivity contribution in [3.05, 3.63) is 168 Å². The summed E-state index contributed by atoms with van der Waals surface area (Å²) in [4.78, 5) is 9.92. The summed E-state index contributed by atoms with van der Waals surface area (Å²) in [5.41, 5.74) is 14.6. The molecule has 0 spiro atoms. The average molecular weight is 859 g/mol. The largest absolute Gasteiger partial charge is 0.457 e. The number of nitrogens with zero attached hydrogens (tertiary/aromatic N) is 4. The van der Waals surface area contributed by atoms with Crippen molar-refractivity contribution in [1.29, 1.82) is 0 Å². The molecule has 5 nitrogen and oxygen atoms in total. The molecule has 3 heterocycles. The minimum atomic E-state index is -0.0267. The SMILES string of the molecule is CCC(C)(CC)c1ccc2c(c1)N(c1cccc(Oc3ccc4c5cc(C(C)(C)C)ccc5n(-c5cc(C(C)(C)C)ccn5)c4c3)c1)CN2c1cc(-c2ccccc2)cc(C(C)(C)C)c1. The number of hydrogen-bond donors (Lipinski definition) is 0. The van der Waals surface area contributed by atoms with E-state index in [9.17, 15) is 0 Å². The summed E-state index contributed by atoms with van der Waals surface area (Å²) < 4.78 is 9.19. The highest BCUT2D eigenvalue weighted by Gasteiger charge is 2.33. The van der Waals surface area contributed by atoms with Gasteiger partial charge in [-0.2, -0.15) is 0 Å². The number of rotatable bonds is 9. The smallest absolute Gasteiger partial charge is 0.137 e. The first-order chi connectivity index (χ1) is 30.8. The van der Waals surface area contributed by atoms with E-state index in [-0.39, 0.29) is 21.7 Å². The van der Waals surface area contributed by atoms with Crippen LogP contribution in [-0.4, -0.2) is 16.2 Å². The van der Waals surface area contributed by atoms with Gasteiger partial charge in [0.15, 0.2) is 0 Å². The minimum absolute atomic E-state index is 0.0166. The molecule has 9 rings (SSSR count). The Bertz CT molecular complexity index is 3040.